The molecule has 2 saturated heterocycles. The number of thioether (sulfide) groups is 1. The number of carbonyl (C=O) groups is 4. The topological polar surface area (TPSA) is 175 Å². The Hall–Kier alpha value is -5.41. The van der Waals surface area contributed by atoms with Crippen molar-refractivity contribution in [3.8, 4) is 0 Å². The molecule has 1 aromatic heterocycles. The molecule has 4 aromatic rings. The van der Waals surface area contributed by atoms with Crippen molar-refractivity contribution in [1.82, 2.24) is 15.2 Å². The molecule has 3 atom stereocenters. The minimum atomic E-state index is -1.43. The van der Waals surface area contributed by atoms with Crippen LogP contribution in [0.25, 0.3) is 0 Å². The van der Waals surface area contributed by atoms with Crippen molar-refractivity contribution in [2.24, 2.45) is 10.6 Å². The van der Waals surface area contributed by atoms with Gasteiger partial charge in [-0.15, -0.1) is 23.1 Å². The summed E-state index contributed by atoms with van der Waals surface area (Å²) in [7, 11) is 1.29. The van der Waals surface area contributed by atoms with Gasteiger partial charge in [-0.1, -0.05) is 84.0 Å². The summed E-state index contributed by atoms with van der Waals surface area (Å²) in [6.45, 7) is -0.470. The molecule has 2 fully saturated rings. The number of nitrogens with zero attached hydrogens (tertiary/aromatic N) is 3. The number of nitrogens with two attached hydrogens (primary N) is 1. The van der Waals surface area contributed by atoms with Crippen molar-refractivity contribution < 1.29 is 33.5 Å². The summed E-state index contributed by atoms with van der Waals surface area (Å²) in [6, 6.07) is 26.4. The molecular weight excluding hydrogens is 669 g/mol. The second kappa shape index (κ2) is 14.8. The number of nitrogen functional groups attached to an aromatic ring is 1. The molecule has 3 aromatic carbocycles. The lowest BCUT2D eigenvalue weighted by Crippen LogP contribution is -2.74. The highest BCUT2D eigenvalue weighted by Crippen LogP contribution is 2.44. The molecule has 2 aliphatic heterocycles. The zero-order valence-corrected chi connectivity index (χ0v) is 27.8. The van der Waals surface area contributed by atoms with Gasteiger partial charge in [0.05, 0.1) is 0 Å². The molecular formula is C34H32N6O7S2. The van der Waals surface area contributed by atoms with Crippen LogP contribution in [0.3, 0.4) is 0 Å². The van der Waals surface area contributed by atoms with E-state index in [1.165, 1.54) is 23.8 Å². The lowest BCUT2D eigenvalue weighted by atomic mass is 9.87. The molecule has 15 heteroatoms. The molecule has 0 spiro atoms. The summed E-state index contributed by atoms with van der Waals surface area (Å²) in [5.41, 5.74) is 6.40. The first-order valence-electron chi connectivity index (χ1n) is 15.1. The first-order valence-corrected chi connectivity index (χ1v) is 17.1. The zero-order valence-electron chi connectivity index (χ0n) is 26.2. The monoisotopic (exact) mass is 700 g/mol. The molecule has 3 heterocycles. The maximum absolute atomic E-state index is 14.3. The maximum Gasteiger partial charge on any atom is 0.411 e. The molecule has 0 bridgehead atoms. The van der Waals surface area contributed by atoms with Gasteiger partial charge in [-0.25, -0.2) is 9.78 Å². The second-order valence-corrected chi connectivity index (χ2v) is 13.3. The average Bonchev–Trinajstić information content (AvgIpc) is 3.57. The largest absolute Gasteiger partial charge is 0.452 e. The van der Waals surface area contributed by atoms with E-state index in [4.69, 9.17) is 20.0 Å². The molecule has 252 valence electrons. The molecule has 2 aliphatic rings. The number of aromatic nitrogens is 1. The molecule has 0 saturated carbocycles. The molecule has 0 aliphatic carbocycles. The highest BCUT2D eigenvalue weighted by atomic mass is 32.2. The van der Waals surface area contributed by atoms with Crippen LogP contribution in [0.15, 0.2) is 102 Å². The number of hydrogen-bond donors (Lipinski definition) is 3. The van der Waals surface area contributed by atoms with E-state index in [-0.39, 0.29) is 35.4 Å². The van der Waals surface area contributed by atoms with E-state index in [0.717, 1.165) is 22.5 Å². The fraction of sp³-hybridized carbons (Fsp3) is 0.235. The Labute approximate surface area is 289 Å². The van der Waals surface area contributed by atoms with Crippen LogP contribution >= 0.6 is 23.1 Å². The average molecular weight is 701 g/mol. The first kappa shape index (κ1) is 33.5. The fourth-order valence-corrected chi connectivity index (χ4v) is 7.56. The third kappa shape index (κ3) is 7.37. The molecule has 0 radical (unpaired) electrons. The Morgan fingerprint density at radius 3 is 2.24 bits per heavy atom. The third-order valence-electron chi connectivity index (χ3n) is 7.96. The standard InChI is InChI=1S/C34H32N6O7S2/c1-45-39-25(24-17-48-32(35)37-24)28(41)38-26-29(42)40-18-34(20-49-30(26)40,19-46-33(44)36-23-15-9-4-10-16-23)31(43)47-27(21-11-5-2-6-12-21)22-13-7-3-8-14-22/h2-17,26-27,30H,18-20H2,1H3,(H2,35,37)(H,36,44)(H,38,41)/t26?,30-,34?/m1/s1. The van der Waals surface area contributed by atoms with E-state index in [1.807, 2.05) is 66.7 Å². The number of esters is 1. The van der Waals surface area contributed by atoms with Gasteiger partial charge in [0.15, 0.2) is 16.9 Å². The number of amides is 3. The predicted molar refractivity (Wildman–Crippen MR) is 185 cm³/mol. The van der Waals surface area contributed by atoms with Crippen LogP contribution in [0, 0.1) is 5.41 Å². The molecule has 13 nitrogen and oxygen atoms in total. The third-order valence-corrected chi connectivity index (χ3v) is 10.2. The van der Waals surface area contributed by atoms with E-state index in [9.17, 15) is 19.2 Å². The van der Waals surface area contributed by atoms with Crippen LogP contribution in [-0.2, 0) is 28.7 Å². The number of β-lactam (4-membered cyclic amide) rings is 1. The second-order valence-electron chi connectivity index (χ2n) is 11.3. The Kier molecular flexibility index (Phi) is 10.1. The van der Waals surface area contributed by atoms with Crippen LogP contribution in [0.1, 0.15) is 22.9 Å². The van der Waals surface area contributed by atoms with Crippen molar-refractivity contribution in [3.63, 3.8) is 0 Å². The van der Waals surface area contributed by atoms with E-state index in [0.29, 0.717) is 5.69 Å². The number of fused-ring (bicyclic) bond motifs is 1. The SMILES string of the molecule is CON=C(C(=O)NC1C(=O)N2CC(COC(=O)Nc3ccccc3)(C(=O)OC(c3ccccc3)c3ccccc3)CS[C@H]12)c1csc(N)n1. The van der Waals surface area contributed by atoms with Crippen molar-refractivity contribution in [3.05, 3.63) is 113 Å². The van der Waals surface area contributed by atoms with Crippen LogP contribution < -0.4 is 16.4 Å². The van der Waals surface area contributed by atoms with E-state index >= 15 is 0 Å². The normalized spacial score (nSPS) is 20.1. The highest BCUT2D eigenvalue weighted by Gasteiger charge is 2.59. The van der Waals surface area contributed by atoms with Gasteiger partial charge in [0.25, 0.3) is 5.91 Å². The molecule has 49 heavy (non-hydrogen) atoms. The number of rotatable bonds is 11. The van der Waals surface area contributed by atoms with Crippen molar-refractivity contribution in [2.75, 3.05) is 37.1 Å². The number of carbonyl (C=O) groups excluding carboxylic acids is 4. The van der Waals surface area contributed by atoms with Gasteiger partial charge in [0, 0.05) is 23.4 Å². The quantitative estimate of drug-likeness (QED) is 0.0897. The van der Waals surface area contributed by atoms with Gasteiger partial charge in [-0.3, -0.25) is 19.7 Å². The molecule has 3 amide bonds. The van der Waals surface area contributed by atoms with Gasteiger partial charge >= 0.3 is 12.1 Å². The van der Waals surface area contributed by atoms with Gasteiger partial charge < -0.3 is 30.3 Å². The Morgan fingerprint density at radius 2 is 1.65 bits per heavy atom. The van der Waals surface area contributed by atoms with Gasteiger partial charge in [-0.05, 0) is 23.3 Å². The van der Waals surface area contributed by atoms with Gasteiger partial charge in [-0.2, -0.15) is 0 Å². The highest BCUT2D eigenvalue weighted by molar-refractivity contribution is 8.00. The Morgan fingerprint density at radius 1 is 1.02 bits per heavy atom. The van der Waals surface area contributed by atoms with Crippen molar-refractivity contribution in [1.29, 1.82) is 0 Å². The van der Waals surface area contributed by atoms with Crippen LogP contribution in [0.2, 0.25) is 0 Å². The van der Waals surface area contributed by atoms with Crippen LogP contribution in [-0.4, -0.2) is 76.9 Å². The van der Waals surface area contributed by atoms with Gasteiger partial charge in [0.2, 0.25) is 5.91 Å². The summed E-state index contributed by atoms with van der Waals surface area (Å²) < 4.78 is 11.9. The summed E-state index contributed by atoms with van der Waals surface area (Å²) >= 11 is 2.41. The number of oxime groups is 1. The number of anilines is 2. The smallest absolute Gasteiger partial charge is 0.411 e. The molecule has 2 unspecified atom stereocenters. The summed E-state index contributed by atoms with van der Waals surface area (Å²) in [4.78, 5) is 64.3. The minimum Gasteiger partial charge on any atom is -0.452 e. The van der Waals surface area contributed by atoms with Crippen LogP contribution in [0.5, 0.6) is 0 Å². The van der Waals surface area contributed by atoms with Crippen molar-refractivity contribution in [2.45, 2.75) is 17.5 Å². The molecule has 6 rings (SSSR count). The number of para-hydroxylation sites is 1. The van der Waals surface area contributed by atoms with Crippen LogP contribution in [0.4, 0.5) is 15.6 Å². The number of ether oxygens (including phenoxy) is 2. The van der Waals surface area contributed by atoms with Gasteiger partial charge in [0.1, 0.15) is 36.2 Å². The number of hydrogen-bond acceptors (Lipinski definition) is 12. The maximum atomic E-state index is 14.3. The Bertz CT molecular complexity index is 1800. The summed E-state index contributed by atoms with van der Waals surface area (Å²) in [5.74, 6) is -1.60. The van der Waals surface area contributed by atoms with E-state index in [1.54, 1.807) is 29.6 Å². The first-order chi connectivity index (χ1) is 23.8. The molecule has 4 N–H and O–H groups in total. The Balaban J connectivity index is 1.22. The summed E-state index contributed by atoms with van der Waals surface area (Å²) in [6.07, 6.45) is -1.52. The number of benzene rings is 3. The zero-order chi connectivity index (χ0) is 34.4. The fourth-order valence-electron chi connectivity index (χ4n) is 5.49. The van der Waals surface area contributed by atoms with Crippen molar-refractivity contribution >= 4 is 63.5 Å². The summed E-state index contributed by atoms with van der Waals surface area (Å²) in [5, 5.41) is 10.5. The lowest BCUT2D eigenvalue weighted by molar-refractivity contribution is -0.168. The number of thiazole rings is 1. The van der Waals surface area contributed by atoms with E-state index in [2.05, 4.69) is 20.8 Å². The van der Waals surface area contributed by atoms with E-state index < -0.39 is 46.8 Å². The minimum absolute atomic E-state index is 0.106. The number of nitrogens with one attached hydrogen (secondary N) is 2. The lowest BCUT2D eigenvalue weighted by Gasteiger charge is -2.53. The predicted octanol–water partition coefficient (Wildman–Crippen LogP) is 4.04.